The Bertz CT molecular complexity index is 485. The summed E-state index contributed by atoms with van der Waals surface area (Å²) in [5, 5.41) is 0. The fourth-order valence-corrected chi connectivity index (χ4v) is 5.50. The first-order valence-electron chi connectivity index (χ1n) is 6.38. The number of carbonyl (C=O) groups excluding carboxylic acids is 2. The third-order valence-electron chi connectivity index (χ3n) is 4.82. The molecule has 0 N–H and O–H groups in total. The van der Waals surface area contributed by atoms with E-state index in [1.807, 2.05) is 6.08 Å². The molecule has 2 saturated heterocycles. The van der Waals surface area contributed by atoms with Crippen LogP contribution in [-0.4, -0.2) is 30.1 Å². The molecular weight excluding hydrogens is 347 g/mol. The Balaban J connectivity index is 1.85. The van der Waals surface area contributed by atoms with Crippen molar-refractivity contribution in [2.24, 2.45) is 17.8 Å². The van der Waals surface area contributed by atoms with E-state index >= 15 is 0 Å². The van der Waals surface area contributed by atoms with Crippen molar-refractivity contribution in [3.63, 3.8) is 0 Å². The molecule has 1 saturated carbocycles. The van der Waals surface area contributed by atoms with Crippen molar-refractivity contribution < 1.29 is 19.1 Å². The third-order valence-corrected chi connectivity index (χ3v) is 5.85. The highest BCUT2D eigenvalue weighted by molar-refractivity contribution is 14.1. The number of esters is 1. The van der Waals surface area contributed by atoms with E-state index in [4.69, 9.17) is 9.47 Å². The fraction of sp³-hybridized carbons (Fsp3) is 0.692. The maximum atomic E-state index is 12.6. The van der Waals surface area contributed by atoms with Crippen LogP contribution in [0.2, 0.25) is 0 Å². The topological polar surface area (TPSA) is 52.6 Å². The molecule has 3 fully saturated rings. The number of Topliss-reactive ketones (excluding diaryl/α,β-unsaturated/α-hetero) is 1. The molecule has 4 nitrogen and oxygen atoms in total. The van der Waals surface area contributed by atoms with Crippen molar-refractivity contribution in [3.05, 3.63) is 9.66 Å². The molecule has 96 valence electrons. The Morgan fingerprint density at radius 3 is 2.94 bits per heavy atom. The van der Waals surface area contributed by atoms with Gasteiger partial charge in [0, 0.05) is 25.4 Å². The maximum Gasteiger partial charge on any atom is 0.306 e. The van der Waals surface area contributed by atoms with Crippen LogP contribution in [0, 0.1) is 17.8 Å². The Labute approximate surface area is 118 Å². The van der Waals surface area contributed by atoms with E-state index in [-0.39, 0.29) is 29.7 Å². The van der Waals surface area contributed by atoms with Gasteiger partial charge in [-0.05, 0) is 38.5 Å². The van der Waals surface area contributed by atoms with E-state index in [1.165, 1.54) is 3.58 Å². The minimum Gasteiger partial charge on any atom is -0.450 e. The van der Waals surface area contributed by atoms with E-state index in [0.29, 0.717) is 18.8 Å². The van der Waals surface area contributed by atoms with Gasteiger partial charge in [0.2, 0.25) is 0 Å². The zero-order chi connectivity index (χ0) is 12.5. The molecule has 2 heterocycles. The van der Waals surface area contributed by atoms with Gasteiger partial charge >= 0.3 is 5.97 Å². The van der Waals surface area contributed by atoms with E-state index < -0.39 is 5.60 Å². The molecule has 0 aromatic carbocycles. The van der Waals surface area contributed by atoms with E-state index in [1.54, 1.807) is 0 Å². The zero-order valence-electron chi connectivity index (χ0n) is 9.73. The van der Waals surface area contributed by atoms with Gasteiger partial charge in [-0.15, -0.1) is 0 Å². The lowest BCUT2D eigenvalue weighted by atomic mass is 9.58. The predicted molar refractivity (Wildman–Crippen MR) is 70.0 cm³/mol. The van der Waals surface area contributed by atoms with Crippen molar-refractivity contribution in [1.29, 1.82) is 0 Å². The molecule has 0 aromatic heterocycles. The van der Waals surface area contributed by atoms with Crippen LogP contribution in [0.4, 0.5) is 0 Å². The minimum atomic E-state index is -0.859. The monoisotopic (exact) mass is 360 g/mol. The summed E-state index contributed by atoms with van der Waals surface area (Å²) in [5.74, 6) is 0.0165. The van der Waals surface area contributed by atoms with Crippen LogP contribution in [0.5, 0.6) is 0 Å². The van der Waals surface area contributed by atoms with Gasteiger partial charge in [0.15, 0.2) is 11.4 Å². The highest BCUT2D eigenvalue weighted by Crippen LogP contribution is 2.58. The normalized spacial score (nSPS) is 49.5. The Kier molecular flexibility index (Phi) is 2.26. The van der Waals surface area contributed by atoms with E-state index in [2.05, 4.69) is 22.6 Å². The van der Waals surface area contributed by atoms with Crippen LogP contribution in [0.15, 0.2) is 9.66 Å². The third kappa shape index (κ3) is 1.20. The lowest BCUT2D eigenvalue weighted by molar-refractivity contribution is -0.176. The van der Waals surface area contributed by atoms with Crippen molar-refractivity contribution in [2.45, 2.75) is 31.0 Å². The maximum absolute atomic E-state index is 12.6. The quantitative estimate of drug-likeness (QED) is 0.487. The summed E-state index contributed by atoms with van der Waals surface area (Å²) in [6, 6.07) is 0. The number of halogens is 1. The lowest BCUT2D eigenvalue weighted by Crippen LogP contribution is -2.62. The standard InChI is InChI=1S/C13H13IO4/c14-8-5-7-11-6(2-4-17-11)10(8)13(12(7)16)3-1-9(15)18-13/h5-7,10-11H,1-4H2/t6-,7-,10-,11-,13-/m1/s1. The molecule has 18 heavy (non-hydrogen) atoms. The first-order valence-corrected chi connectivity index (χ1v) is 7.46. The molecule has 5 atom stereocenters. The second-order valence-corrected chi connectivity index (χ2v) is 6.82. The number of hydrogen-bond donors (Lipinski definition) is 0. The molecule has 0 aromatic rings. The minimum absolute atomic E-state index is 0.0194. The molecule has 3 aliphatic carbocycles. The van der Waals surface area contributed by atoms with Gasteiger partial charge in [-0.1, -0.05) is 6.08 Å². The van der Waals surface area contributed by atoms with Crippen molar-refractivity contribution in [3.8, 4) is 0 Å². The molecule has 0 radical (unpaired) electrons. The smallest absolute Gasteiger partial charge is 0.306 e. The SMILES string of the molecule is O=C1CC[C@]2(O1)C(=O)[C@@H]1C=C(I)[C@H]2[C@H]2CCO[C@H]21. The average molecular weight is 360 g/mol. The lowest BCUT2D eigenvalue weighted by Gasteiger charge is -2.50. The number of hydrogen-bond acceptors (Lipinski definition) is 4. The molecular formula is C13H13IO4. The van der Waals surface area contributed by atoms with Gasteiger partial charge in [0.1, 0.15) is 0 Å². The first kappa shape index (κ1) is 11.4. The summed E-state index contributed by atoms with van der Waals surface area (Å²) < 4.78 is 12.4. The molecule has 2 aliphatic heterocycles. The van der Waals surface area contributed by atoms with E-state index in [0.717, 1.165) is 13.0 Å². The van der Waals surface area contributed by atoms with E-state index in [9.17, 15) is 9.59 Å². The van der Waals surface area contributed by atoms with Crippen LogP contribution < -0.4 is 0 Å². The molecule has 5 rings (SSSR count). The Morgan fingerprint density at radius 2 is 2.22 bits per heavy atom. The number of rotatable bonds is 0. The van der Waals surface area contributed by atoms with Crippen molar-refractivity contribution in [2.75, 3.05) is 6.61 Å². The number of carbonyl (C=O) groups is 2. The highest BCUT2D eigenvalue weighted by Gasteiger charge is 2.67. The summed E-state index contributed by atoms with van der Waals surface area (Å²) in [6.45, 7) is 0.720. The summed E-state index contributed by atoms with van der Waals surface area (Å²) in [7, 11) is 0. The second-order valence-electron chi connectivity index (χ2n) is 5.57. The summed E-state index contributed by atoms with van der Waals surface area (Å²) in [4.78, 5) is 24.1. The summed E-state index contributed by atoms with van der Waals surface area (Å²) >= 11 is 2.30. The Hall–Kier alpha value is -0.430. The van der Waals surface area contributed by atoms with Gasteiger partial charge in [0.05, 0.1) is 12.0 Å². The van der Waals surface area contributed by atoms with Crippen LogP contribution in [0.3, 0.4) is 0 Å². The Morgan fingerprint density at radius 1 is 1.39 bits per heavy atom. The van der Waals surface area contributed by atoms with Crippen LogP contribution in [-0.2, 0) is 19.1 Å². The number of ketones is 1. The van der Waals surface area contributed by atoms with Crippen LogP contribution in [0.25, 0.3) is 0 Å². The molecule has 1 spiro atoms. The van der Waals surface area contributed by atoms with Gasteiger partial charge in [-0.2, -0.15) is 0 Å². The second kappa shape index (κ2) is 3.56. The van der Waals surface area contributed by atoms with Gasteiger partial charge in [-0.25, -0.2) is 0 Å². The summed E-state index contributed by atoms with van der Waals surface area (Å²) in [5.41, 5.74) is -0.859. The van der Waals surface area contributed by atoms with Crippen LogP contribution >= 0.6 is 22.6 Å². The van der Waals surface area contributed by atoms with Crippen molar-refractivity contribution >= 4 is 34.3 Å². The zero-order valence-corrected chi connectivity index (χ0v) is 11.9. The average Bonchev–Trinajstić information content (AvgIpc) is 2.93. The molecule has 2 bridgehead atoms. The van der Waals surface area contributed by atoms with Crippen molar-refractivity contribution in [1.82, 2.24) is 0 Å². The first-order chi connectivity index (χ1) is 8.63. The predicted octanol–water partition coefficient (Wildman–Crippen LogP) is 1.61. The molecule has 5 aliphatic rings. The molecule has 5 heteroatoms. The van der Waals surface area contributed by atoms with Gasteiger partial charge < -0.3 is 9.47 Å². The molecule has 0 unspecified atom stereocenters. The molecule has 0 amide bonds. The van der Waals surface area contributed by atoms with Gasteiger partial charge in [-0.3, -0.25) is 9.59 Å². The number of ether oxygens (including phenoxy) is 2. The van der Waals surface area contributed by atoms with Crippen LogP contribution in [0.1, 0.15) is 19.3 Å². The fourth-order valence-electron chi connectivity index (χ4n) is 4.14. The highest BCUT2D eigenvalue weighted by atomic mass is 127. The largest absolute Gasteiger partial charge is 0.450 e. The summed E-state index contributed by atoms with van der Waals surface area (Å²) in [6.07, 6.45) is 3.94. The van der Waals surface area contributed by atoms with Gasteiger partial charge in [0.25, 0.3) is 0 Å².